The number of nitrogens with zero attached hydrogens (tertiary/aromatic N) is 2. The van der Waals surface area contributed by atoms with E-state index in [9.17, 15) is 0 Å². The molecule has 1 aromatic carbocycles. The molecular weight excluding hydrogens is 274 g/mol. The molecule has 0 fully saturated rings. The van der Waals surface area contributed by atoms with Crippen molar-refractivity contribution in [3.63, 3.8) is 0 Å². The lowest BCUT2D eigenvalue weighted by molar-refractivity contribution is 0.469. The van der Waals surface area contributed by atoms with E-state index in [0.717, 1.165) is 10.9 Å². The van der Waals surface area contributed by atoms with E-state index in [-0.39, 0.29) is 0 Å². The van der Waals surface area contributed by atoms with Crippen LogP contribution >= 0.6 is 11.6 Å². The topological polar surface area (TPSA) is 61.0 Å². The molecule has 5 heteroatoms. The first-order valence-corrected chi connectivity index (χ1v) is 6.46. The van der Waals surface area contributed by atoms with Crippen LogP contribution in [0.3, 0.4) is 0 Å². The summed E-state index contributed by atoms with van der Waals surface area (Å²) in [5.74, 6) is 0.943. The van der Waals surface area contributed by atoms with Crippen LogP contribution in [-0.2, 0) is 0 Å². The molecule has 4 nitrogen and oxygen atoms in total. The van der Waals surface area contributed by atoms with Crippen LogP contribution in [-0.4, -0.2) is 9.97 Å². The minimum atomic E-state index is 0.366. The molecule has 20 heavy (non-hydrogen) atoms. The molecule has 100 valence electrons. The maximum atomic E-state index is 6.15. The number of benzene rings is 1. The SMILES string of the molecule is Cc1cnc(Oc2ccc(Cl)c3cccnc23)c(N)c1. The number of hydrogen-bond donors (Lipinski definition) is 1. The first kappa shape index (κ1) is 12.7. The highest BCUT2D eigenvalue weighted by atomic mass is 35.5. The number of hydrogen-bond acceptors (Lipinski definition) is 4. The van der Waals surface area contributed by atoms with E-state index < -0.39 is 0 Å². The molecule has 0 amide bonds. The number of aromatic nitrogens is 2. The Morgan fingerprint density at radius 2 is 2.05 bits per heavy atom. The number of fused-ring (bicyclic) bond motifs is 1. The van der Waals surface area contributed by atoms with Gasteiger partial charge in [0.25, 0.3) is 0 Å². The van der Waals surface area contributed by atoms with Gasteiger partial charge in [-0.25, -0.2) is 4.98 Å². The highest BCUT2D eigenvalue weighted by molar-refractivity contribution is 6.35. The van der Waals surface area contributed by atoms with Gasteiger partial charge in [-0.05, 0) is 42.8 Å². The molecule has 3 aromatic rings. The van der Waals surface area contributed by atoms with Crippen molar-refractivity contribution in [2.75, 3.05) is 5.73 Å². The van der Waals surface area contributed by atoms with Crippen molar-refractivity contribution in [1.82, 2.24) is 9.97 Å². The van der Waals surface area contributed by atoms with Crippen molar-refractivity contribution >= 4 is 28.2 Å². The minimum Gasteiger partial charge on any atom is -0.435 e. The highest BCUT2D eigenvalue weighted by Crippen LogP contribution is 2.33. The average Bonchev–Trinajstić information content (AvgIpc) is 2.45. The Labute approximate surface area is 121 Å². The van der Waals surface area contributed by atoms with Gasteiger partial charge < -0.3 is 10.5 Å². The van der Waals surface area contributed by atoms with Gasteiger partial charge in [0.1, 0.15) is 5.52 Å². The molecule has 0 aliphatic carbocycles. The molecule has 0 unspecified atom stereocenters. The smallest absolute Gasteiger partial charge is 0.242 e. The van der Waals surface area contributed by atoms with Crippen molar-refractivity contribution in [3.05, 3.63) is 53.3 Å². The zero-order valence-corrected chi connectivity index (χ0v) is 11.6. The maximum absolute atomic E-state index is 6.15. The Morgan fingerprint density at radius 3 is 2.85 bits per heavy atom. The van der Waals surface area contributed by atoms with Gasteiger partial charge in [0, 0.05) is 17.8 Å². The summed E-state index contributed by atoms with van der Waals surface area (Å²) in [5, 5.41) is 1.46. The number of aryl methyl sites for hydroxylation is 1. The molecule has 0 spiro atoms. The summed E-state index contributed by atoms with van der Waals surface area (Å²) in [7, 11) is 0. The van der Waals surface area contributed by atoms with E-state index >= 15 is 0 Å². The first-order chi connectivity index (χ1) is 9.65. The quantitative estimate of drug-likeness (QED) is 0.774. The number of pyridine rings is 2. The van der Waals surface area contributed by atoms with Crippen molar-refractivity contribution in [2.45, 2.75) is 6.92 Å². The fraction of sp³-hybridized carbons (Fsp3) is 0.0667. The van der Waals surface area contributed by atoms with Crippen LogP contribution in [0.1, 0.15) is 5.56 Å². The molecular formula is C15H12ClN3O. The van der Waals surface area contributed by atoms with Gasteiger partial charge in [-0.1, -0.05) is 11.6 Å². The highest BCUT2D eigenvalue weighted by Gasteiger charge is 2.10. The second-order valence-corrected chi connectivity index (χ2v) is 4.86. The van der Waals surface area contributed by atoms with Gasteiger partial charge >= 0.3 is 0 Å². The predicted octanol–water partition coefficient (Wildman–Crippen LogP) is 3.97. The molecule has 0 bridgehead atoms. The van der Waals surface area contributed by atoms with Crippen LogP contribution in [0, 0.1) is 6.92 Å². The van der Waals surface area contributed by atoms with Crippen molar-refractivity contribution in [2.24, 2.45) is 0 Å². The lowest BCUT2D eigenvalue weighted by Gasteiger charge is -2.10. The maximum Gasteiger partial charge on any atom is 0.242 e. The predicted molar refractivity (Wildman–Crippen MR) is 80.2 cm³/mol. The summed E-state index contributed by atoms with van der Waals surface area (Å²) in [6.07, 6.45) is 3.40. The second kappa shape index (κ2) is 4.98. The molecule has 0 saturated heterocycles. The van der Waals surface area contributed by atoms with Gasteiger partial charge in [0.15, 0.2) is 5.75 Å². The summed E-state index contributed by atoms with van der Waals surface area (Å²) in [6.45, 7) is 1.92. The van der Waals surface area contributed by atoms with E-state index in [0.29, 0.717) is 27.9 Å². The van der Waals surface area contributed by atoms with Gasteiger partial charge in [-0.3, -0.25) is 4.98 Å². The molecule has 2 heterocycles. The Bertz CT molecular complexity index is 789. The number of halogens is 1. The summed E-state index contributed by atoms with van der Waals surface area (Å²) >= 11 is 6.15. The largest absolute Gasteiger partial charge is 0.435 e. The standard InChI is InChI=1S/C15H12ClN3O/c1-9-7-12(17)15(19-8-9)20-13-5-4-11(16)10-3-2-6-18-14(10)13/h2-8H,17H2,1H3. The lowest BCUT2D eigenvalue weighted by Crippen LogP contribution is -1.96. The Morgan fingerprint density at radius 1 is 1.20 bits per heavy atom. The first-order valence-electron chi connectivity index (χ1n) is 6.08. The molecule has 2 aromatic heterocycles. The summed E-state index contributed by atoms with van der Waals surface area (Å²) in [4.78, 5) is 8.50. The third kappa shape index (κ3) is 2.26. The van der Waals surface area contributed by atoms with E-state index in [1.165, 1.54) is 0 Å². The third-order valence-corrected chi connectivity index (χ3v) is 3.23. The van der Waals surface area contributed by atoms with Gasteiger partial charge in [-0.15, -0.1) is 0 Å². The van der Waals surface area contributed by atoms with Crippen LogP contribution in [0.5, 0.6) is 11.6 Å². The zero-order valence-electron chi connectivity index (χ0n) is 10.8. The molecule has 0 aliphatic heterocycles. The Hall–Kier alpha value is -2.33. The van der Waals surface area contributed by atoms with E-state index in [1.807, 2.05) is 25.1 Å². The van der Waals surface area contributed by atoms with Crippen LogP contribution in [0.2, 0.25) is 5.02 Å². The minimum absolute atomic E-state index is 0.366. The number of nitrogens with two attached hydrogens (primary N) is 1. The fourth-order valence-corrected chi connectivity index (χ4v) is 2.18. The zero-order chi connectivity index (χ0) is 14.1. The van der Waals surface area contributed by atoms with E-state index in [2.05, 4.69) is 9.97 Å². The Kier molecular flexibility index (Phi) is 3.16. The van der Waals surface area contributed by atoms with Crippen LogP contribution in [0.15, 0.2) is 42.7 Å². The number of nitrogen functional groups attached to an aromatic ring is 1. The van der Waals surface area contributed by atoms with Gasteiger partial charge in [-0.2, -0.15) is 0 Å². The second-order valence-electron chi connectivity index (χ2n) is 4.45. The summed E-state index contributed by atoms with van der Waals surface area (Å²) < 4.78 is 5.78. The van der Waals surface area contributed by atoms with Gasteiger partial charge in [0.05, 0.1) is 10.7 Å². The Balaban J connectivity index is 2.09. The molecule has 3 rings (SSSR count). The molecule has 0 saturated carbocycles. The lowest BCUT2D eigenvalue weighted by atomic mass is 10.2. The number of rotatable bonds is 2. The summed E-state index contributed by atoms with van der Waals surface area (Å²) in [5.41, 5.74) is 8.06. The van der Waals surface area contributed by atoms with Crippen LogP contribution in [0.25, 0.3) is 10.9 Å². The van der Waals surface area contributed by atoms with E-state index in [1.54, 1.807) is 24.5 Å². The van der Waals surface area contributed by atoms with Crippen molar-refractivity contribution in [3.8, 4) is 11.6 Å². The normalized spacial score (nSPS) is 10.7. The molecule has 2 N–H and O–H groups in total. The van der Waals surface area contributed by atoms with Crippen LogP contribution < -0.4 is 10.5 Å². The summed E-state index contributed by atoms with van der Waals surface area (Å²) in [6, 6.07) is 9.07. The van der Waals surface area contributed by atoms with Crippen LogP contribution in [0.4, 0.5) is 5.69 Å². The molecule has 0 atom stereocenters. The average molecular weight is 286 g/mol. The monoisotopic (exact) mass is 285 g/mol. The van der Waals surface area contributed by atoms with Gasteiger partial charge in [0.2, 0.25) is 5.88 Å². The number of anilines is 1. The molecule has 0 radical (unpaired) electrons. The van der Waals surface area contributed by atoms with Crippen molar-refractivity contribution < 1.29 is 4.74 Å². The van der Waals surface area contributed by atoms with E-state index in [4.69, 9.17) is 22.1 Å². The fourth-order valence-electron chi connectivity index (χ4n) is 1.96. The third-order valence-electron chi connectivity index (χ3n) is 2.90. The number of ether oxygens (including phenoxy) is 1. The molecule has 0 aliphatic rings. The van der Waals surface area contributed by atoms with Crippen molar-refractivity contribution in [1.29, 1.82) is 0 Å².